The largest absolute Gasteiger partial charge is 0.398 e. The number of nitrogen functional groups attached to an aromatic ring is 1. The van der Waals surface area contributed by atoms with E-state index < -0.39 is 9.84 Å². The molecule has 0 fully saturated rings. The number of anilines is 1. The van der Waals surface area contributed by atoms with Crippen molar-refractivity contribution in [3.8, 4) is 0 Å². The van der Waals surface area contributed by atoms with Crippen LogP contribution in [0.1, 0.15) is 5.56 Å². The van der Waals surface area contributed by atoms with Crippen LogP contribution in [-0.2, 0) is 16.3 Å². The summed E-state index contributed by atoms with van der Waals surface area (Å²) < 4.78 is 22.6. The Balaban J connectivity index is 3.22. The van der Waals surface area contributed by atoms with Crippen molar-refractivity contribution in [1.82, 2.24) is 0 Å². The smallest absolute Gasteiger partial charge is 0.177 e. The molecule has 4 nitrogen and oxygen atoms in total. The Morgan fingerprint density at radius 1 is 1.36 bits per heavy atom. The molecule has 0 aromatic heterocycles. The molecule has 0 bridgehead atoms. The fraction of sp³-hybridized carbons (Fsp3) is 0.333. The summed E-state index contributed by atoms with van der Waals surface area (Å²) in [4.78, 5) is 0.184. The third kappa shape index (κ3) is 2.46. The highest BCUT2D eigenvalue weighted by Crippen LogP contribution is 2.19. The Morgan fingerprint density at radius 3 is 2.50 bits per heavy atom. The second kappa shape index (κ2) is 3.98. The highest BCUT2D eigenvalue weighted by molar-refractivity contribution is 7.90. The topological polar surface area (TPSA) is 86.2 Å². The van der Waals surface area contributed by atoms with Gasteiger partial charge in [0.05, 0.1) is 10.6 Å². The lowest BCUT2D eigenvalue weighted by Crippen LogP contribution is -2.06. The van der Waals surface area contributed by atoms with Crippen molar-refractivity contribution in [3.63, 3.8) is 0 Å². The monoisotopic (exact) mass is 214 g/mol. The van der Waals surface area contributed by atoms with Crippen molar-refractivity contribution >= 4 is 15.5 Å². The molecular weight excluding hydrogens is 200 g/mol. The second-order valence-electron chi connectivity index (χ2n) is 3.18. The molecule has 0 aliphatic carbocycles. The van der Waals surface area contributed by atoms with E-state index in [1.165, 1.54) is 0 Å². The van der Waals surface area contributed by atoms with Gasteiger partial charge < -0.3 is 11.5 Å². The molecule has 5 heteroatoms. The average molecular weight is 214 g/mol. The van der Waals surface area contributed by atoms with Crippen LogP contribution in [0.5, 0.6) is 0 Å². The molecule has 0 saturated heterocycles. The maximum atomic E-state index is 11.3. The lowest BCUT2D eigenvalue weighted by Gasteiger charge is -2.05. The van der Waals surface area contributed by atoms with Gasteiger partial charge in [0.25, 0.3) is 0 Å². The minimum atomic E-state index is -3.24. The standard InChI is InChI=1S/C9H14N2O2S/c1-14(12,13)9-6-7(4-5-10)2-3-8(9)11/h2-3,6H,4-5,10-11H2,1H3. The number of rotatable bonds is 3. The molecule has 1 aromatic rings. The van der Waals surface area contributed by atoms with Gasteiger partial charge in [0.2, 0.25) is 0 Å². The molecule has 0 radical (unpaired) electrons. The molecule has 0 amide bonds. The average Bonchev–Trinajstić information content (AvgIpc) is 2.07. The van der Waals surface area contributed by atoms with Gasteiger partial charge in [-0.2, -0.15) is 0 Å². The highest BCUT2D eigenvalue weighted by Gasteiger charge is 2.11. The third-order valence-electron chi connectivity index (χ3n) is 1.91. The van der Waals surface area contributed by atoms with E-state index in [0.29, 0.717) is 13.0 Å². The van der Waals surface area contributed by atoms with Crippen molar-refractivity contribution in [2.24, 2.45) is 5.73 Å². The molecule has 0 spiro atoms. The maximum Gasteiger partial charge on any atom is 0.177 e. The molecule has 0 atom stereocenters. The van der Waals surface area contributed by atoms with Crippen LogP contribution in [0, 0.1) is 0 Å². The van der Waals surface area contributed by atoms with E-state index in [0.717, 1.165) is 11.8 Å². The lowest BCUT2D eigenvalue weighted by molar-refractivity contribution is 0.602. The first-order chi connectivity index (χ1) is 6.45. The van der Waals surface area contributed by atoms with E-state index in [9.17, 15) is 8.42 Å². The SMILES string of the molecule is CS(=O)(=O)c1cc(CCN)ccc1N. The molecule has 0 saturated carbocycles. The van der Waals surface area contributed by atoms with Gasteiger partial charge in [-0.15, -0.1) is 0 Å². The number of hydrogen-bond donors (Lipinski definition) is 2. The van der Waals surface area contributed by atoms with E-state index in [-0.39, 0.29) is 10.6 Å². The van der Waals surface area contributed by atoms with Crippen LogP contribution in [0.25, 0.3) is 0 Å². The summed E-state index contributed by atoms with van der Waals surface area (Å²) in [5.74, 6) is 0. The van der Waals surface area contributed by atoms with Crippen molar-refractivity contribution in [3.05, 3.63) is 23.8 Å². The molecule has 4 N–H and O–H groups in total. The molecule has 0 aliphatic heterocycles. The Hall–Kier alpha value is -1.07. The first kappa shape index (κ1) is 11.0. The fourth-order valence-electron chi connectivity index (χ4n) is 1.22. The molecule has 0 heterocycles. The van der Waals surface area contributed by atoms with E-state index in [1.54, 1.807) is 18.2 Å². The summed E-state index contributed by atoms with van der Waals surface area (Å²) in [6.07, 6.45) is 1.80. The number of sulfone groups is 1. The lowest BCUT2D eigenvalue weighted by atomic mass is 10.1. The predicted octanol–water partition coefficient (Wildman–Crippen LogP) is 0.174. The van der Waals surface area contributed by atoms with Gasteiger partial charge in [-0.3, -0.25) is 0 Å². The van der Waals surface area contributed by atoms with Crippen LogP contribution in [0.15, 0.2) is 23.1 Å². The van der Waals surface area contributed by atoms with Crippen LogP contribution in [0.3, 0.4) is 0 Å². The molecule has 78 valence electrons. The first-order valence-electron chi connectivity index (χ1n) is 4.23. The predicted molar refractivity (Wildman–Crippen MR) is 56.7 cm³/mol. The minimum absolute atomic E-state index is 0.184. The molecule has 0 unspecified atom stereocenters. The Bertz CT molecular complexity index is 426. The van der Waals surface area contributed by atoms with Gasteiger partial charge in [-0.25, -0.2) is 8.42 Å². The van der Waals surface area contributed by atoms with Crippen molar-refractivity contribution in [1.29, 1.82) is 0 Å². The molecule has 1 rings (SSSR count). The zero-order valence-corrected chi connectivity index (χ0v) is 8.84. The summed E-state index contributed by atoms with van der Waals surface area (Å²) in [7, 11) is -3.24. The van der Waals surface area contributed by atoms with Crippen LogP contribution >= 0.6 is 0 Å². The van der Waals surface area contributed by atoms with Gasteiger partial charge in [0.1, 0.15) is 0 Å². The zero-order chi connectivity index (χ0) is 10.8. The quantitative estimate of drug-likeness (QED) is 0.702. The van der Waals surface area contributed by atoms with Crippen LogP contribution in [-0.4, -0.2) is 21.2 Å². The van der Waals surface area contributed by atoms with Gasteiger partial charge >= 0.3 is 0 Å². The van der Waals surface area contributed by atoms with Gasteiger partial charge in [0.15, 0.2) is 9.84 Å². The highest BCUT2D eigenvalue weighted by atomic mass is 32.2. The van der Waals surface area contributed by atoms with Gasteiger partial charge in [0, 0.05) is 6.26 Å². The van der Waals surface area contributed by atoms with Crippen LogP contribution in [0.2, 0.25) is 0 Å². The van der Waals surface area contributed by atoms with E-state index in [1.807, 2.05) is 0 Å². The van der Waals surface area contributed by atoms with E-state index in [2.05, 4.69) is 0 Å². The summed E-state index contributed by atoms with van der Waals surface area (Å²) >= 11 is 0. The summed E-state index contributed by atoms with van der Waals surface area (Å²) in [5.41, 5.74) is 12.1. The number of benzene rings is 1. The molecule has 0 aliphatic rings. The minimum Gasteiger partial charge on any atom is -0.398 e. The van der Waals surface area contributed by atoms with Crippen LogP contribution < -0.4 is 11.5 Å². The van der Waals surface area contributed by atoms with Crippen molar-refractivity contribution in [2.75, 3.05) is 18.5 Å². The van der Waals surface area contributed by atoms with E-state index in [4.69, 9.17) is 11.5 Å². The normalized spacial score (nSPS) is 11.6. The van der Waals surface area contributed by atoms with Gasteiger partial charge in [-0.05, 0) is 30.7 Å². The number of nitrogens with two attached hydrogens (primary N) is 2. The van der Waals surface area contributed by atoms with Gasteiger partial charge in [-0.1, -0.05) is 6.07 Å². The van der Waals surface area contributed by atoms with Crippen molar-refractivity contribution < 1.29 is 8.42 Å². The fourth-order valence-corrected chi connectivity index (χ4v) is 2.08. The first-order valence-corrected chi connectivity index (χ1v) is 6.13. The zero-order valence-electron chi connectivity index (χ0n) is 8.03. The third-order valence-corrected chi connectivity index (χ3v) is 3.06. The summed E-state index contributed by atoms with van der Waals surface area (Å²) in [6.45, 7) is 0.493. The number of hydrogen-bond acceptors (Lipinski definition) is 4. The van der Waals surface area contributed by atoms with Crippen LogP contribution in [0.4, 0.5) is 5.69 Å². The maximum absolute atomic E-state index is 11.3. The van der Waals surface area contributed by atoms with E-state index >= 15 is 0 Å². The molecular formula is C9H14N2O2S. The molecule has 14 heavy (non-hydrogen) atoms. The Labute approximate surface area is 83.8 Å². The summed E-state index contributed by atoms with van der Waals surface area (Å²) in [5, 5.41) is 0. The summed E-state index contributed by atoms with van der Waals surface area (Å²) in [6, 6.07) is 4.97. The Morgan fingerprint density at radius 2 is 2.00 bits per heavy atom. The Kier molecular flexibility index (Phi) is 3.13. The second-order valence-corrected chi connectivity index (χ2v) is 5.17. The molecule has 1 aromatic carbocycles. The van der Waals surface area contributed by atoms with Crippen molar-refractivity contribution in [2.45, 2.75) is 11.3 Å².